The Hall–Kier alpha value is -1.81. The minimum atomic E-state index is -0.0747. The molecule has 0 unspecified atom stereocenters. The molecule has 3 aromatic rings. The van der Waals surface area contributed by atoms with Gasteiger partial charge >= 0.3 is 0 Å². The van der Waals surface area contributed by atoms with Crippen molar-refractivity contribution < 1.29 is 9.21 Å². The maximum Gasteiger partial charge on any atom is 0.234 e. The number of nitrogens with one attached hydrogen (secondary N) is 1. The van der Waals surface area contributed by atoms with Crippen molar-refractivity contribution in [1.82, 2.24) is 14.8 Å². The molecule has 0 fully saturated rings. The van der Waals surface area contributed by atoms with Crippen molar-refractivity contribution in [2.45, 2.75) is 18.6 Å². The molecule has 3 rings (SSSR count). The number of thioether (sulfide) groups is 1. The second-order valence-corrected chi connectivity index (χ2v) is 6.95. The van der Waals surface area contributed by atoms with Crippen molar-refractivity contribution in [1.29, 1.82) is 0 Å². The van der Waals surface area contributed by atoms with Gasteiger partial charge in [0.1, 0.15) is 0 Å². The van der Waals surface area contributed by atoms with Crippen LogP contribution in [-0.4, -0.2) is 26.4 Å². The van der Waals surface area contributed by atoms with E-state index in [0.29, 0.717) is 23.3 Å². The van der Waals surface area contributed by atoms with E-state index in [1.54, 1.807) is 6.26 Å². The van der Waals surface area contributed by atoms with Crippen LogP contribution in [0.25, 0.3) is 11.6 Å². The Balaban J connectivity index is 1.67. The highest BCUT2D eigenvalue weighted by Crippen LogP contribution is 2.24. The molecule has 24 heavy (non-hydrogen) atoms. The molecule has 0 aliphatic carbocycles. The first-order chi connectivity index (χ1) is 11.7. The average Bonchev–Trinajstić information content (AvgIpc) is 3.23. The molecule has 124 valence electrons. The lowest BCUT2D eigenvalue weighted by Crippen LogP contribution is -2.15. The molecule has 0 saturated carbocycles. The van der Waals surface area contributed by atoms with Gasteiger partial charge in [-0.15, -0.1) is 10.2 Å². The quantitative estimate of drug-likeness (QED) is 0.452. The van der Waals surface area contributed by atoms with Crippen LogP contribution in [0, 0.1) is 3.57 Å². The van der Waals surface area contributed by atoms with E-state index in [9.17, 15) is 4.79 Å². The van der Waals surface area contributed by atoms with Crippen LogP contribution in [-0.2, 0) is 11.3 Å². The fourth-order valence-electron chi connectivity index (χ4n) is 2.15. The molecular weight excluding hydrogens is 439 g/mol. The van der Waals surface area contributed by atoms with Crippen molar-refractivity contribution in [3.8, 4) is 11.6 Å². The smallest absolute Gasteiger partial charge is 0.234 e. The molecule has 1 aromatic carbocycles. The standard InChI is InChI=1S/C16H15IN4O2S/c1-2-21-15(13-8-5-9-23-13)19-20-16(21)24-10-14(22)18-12-7-4-3-6-11(12)17/h3-9H,2,10H2,1H3,(H,18,22). The Morgan fingerprint density at radius 1 is 1.29 bits per heavy atom. The summed E-state index contributed by atoms with van der Waals surface area (Å²) >= 11 is 3.55. The largest absolute Gasteiger partial charge is 0.461 e. The third kappa shape index (κ3) is 3.81. The predicted molar refractivity (Wildman–Crippen MR) is 102 cm³/mol. The van der Waals surface area contributed by atoms with E-state index in [1.807, 2.05) is 47.9 Å². The van der Waals surface area contributed by atoms with E-state index in [1.165, 1.54) is 11.8 Å². The summed E-state index contributed by atoms with van der Waals surface area (Å²) in [5.74, 6) is 1.53. The molecule has 0 atom stereocenters. The number of hydrogen-bond donors (Lipinski definition) is 1. The van der Waals surface area contributed by atoms with E-state index in [2.05, 4.69) is 38.1 Å². The summed E-state index contributed by atoms with van der Waals surface area (Å²) in [5, 5.41) is 12.0. The highest BCUT2D eigenvalue weighted by molar-refractivity contribution is 14.1. The molecule has 1 N–H and O–H groups in total. The Kier molecular flexibility index (Phi) is 5.56. The molecular formula is C16H15IN4O2S. The summed E-state index contributed by atoms with van der Waals surface area (Å²) < 4.78 is 8.32. The third-order valence-corrected chi connectivity index (χ3v) is 5.16. The maximum atomic E-state index is 12.2. The van der Waals surface area contributed by atoms with Gasteiger partial charge in [-0.3, -0.25) is 9.36 Å². The number of rotatable bonds is 6. The molecule has 0 radical (unpaired) electrons. The van der Waals surface area contributed by atoms with Crippen LogP contribution in [0.5, 0.6) is 0 Å². The number of carbonyl (C=O) groups excluding carboxylic acids is 1. The number of hydrogen-bond acceptors (Lipinski definition) is 5. The fourth-order valence-corrected chi connectivity index (χ4v) is 3.47. The molecule has 6 nitrogen and oxygen atoms in total. The zero-order chi connectivity index (χ0) is 16.9. The van der Waals surface area contributed by atoms with Gasteiger partial charge in [0, 0.05) is 10.1 Å². The molecule has 0 spiro atoms. The van der Waals surface area contributed by atoms with Crippen molar-refractivity contribution in [3.63, 3.8) is 0 Å². The van der Waals surface area contributed by atoms with Crippen molar-refractivity contribution in [2.75, 3.05) is 11.1 Å². The Morgan fingerprint density at radius 2 is 2.12 bits per heavy atom. The second kappa shape index (κ2) is 7.84. The maximum absolute atomic E-state index is 12.2. The number of para-hydroxylation sites is 1. The number of aromatic nitrogens is 3. The molecule has 1 amide bonds. The first-order valence-corrected chi connectivity index (χ1v) is 9.39. The Bertz CT molecular complexity index is 832. The number of nitrogens with zero attached hydrogens (tertiary/aromatic N) is 3. The first kappa shape index (κ1) is 17.0. The lowest BCUT2D eigenvalue weighted by atomic mass is 10.3. The van der Waals surface area contributed by atoms with E-state index in [-0.39, 0.29) is 11.7 Å². The summed E-state index contributed by atoms with van der Waals surface area (Å²) in [6, 6.07) is 11.3. The third-order valence-electron chi connectivity index (χ3n) is 3.25. The topological polar surface area (TPSA) is 73.0 Å². The summed E-state index contributed by atoms with van der Waals surface area (Å²) in [6.45, 7) is 2.70. The highest BCUT2D eigenvalue weighted by Gasteiger charge is 2.16. The average molecular weight is 454 g/mol. The minimum Gasteiger partial charge on any atom is -0.461 e. The van der Waals surface area contributed by atoms with Gasteiger partial charge in [0.2, 0.25) is 5.91 Å². The van der Waals surface area contributed by atoms with Gasteiger partial charge < -0.3 is 9.73 Å². The zero-order valence-corrected chi connectivity index (χ0v) is 15.9. The molecule has 2 heterocycles. The van der Waals surface area contributed by atoms with Crippen LogP contribution >= 0.6 is 34.4 Å². The zero-order valence-electron chi connectivity index (χ0n) is 12.9. The summed E-state index contributed by atoms with van der Waals surface area (Å²) in [6.07, 6.45) is 1.60. The van der Waals surface area contributed by atoms with Gasteiger partial charge in [0.15, 0.2) is 16.7 Å². The van der Waals surface area contributed by atoms with Crippen LogP contribution in [0.3, 0.4) is 0 Å². The number of carbonyl (C=O) groups is 1. The van der Waals surface area contributed by atoms with E-state index < -0.39 is 0 Å². The molecule has 0 saturated heterocycles. The number of halogens is 1. The van der Waals surface area contributed by atoms with Crippen LogP contribution in [0.15, 0.2) is 52.2 Å². The van der Waals surface area contributed by atoms with Crippen LogP contribution in [0.2, 0.25) is 0 Å². The molecule has 0 aliphatic rings. The lowest BCUT2D eigenvalue weighted by Gasteiger charge is -2.08. The van der Waals surface area contributed by atoms with Crippen LogP contribution < -0.4 is 5.32 Å². The molecule has 8 heteroatoms. The van der Waals surface area contributed by atoms with Gasteiger partial charge in [0.25, 0.3) is 0 Å². The number of benzene rings is 1. The fraction of sp³-hybridized carbons (Fsp3) is 0.188. The van der Waals surface area contributed by atoms with Crippen molar-refractivity contribution in [3.05, 3.63) is 46.2 Å². The summed E-state index contributed by atoms with van der Waals surface area (Å²) in [7, 11) is 0. The Morgan fingerprint density at radius 3 is 2.83 bits per heavy atom. The van der Waals surface area contributed by atoms with Gasteiger partial charge in [-0.1, -0.05) is 23.9 Å². The van der Waals surface area contributed by atoms with Crippen LogP contribution in [0.4, 0.5) is 5.69 Å². The summed E-state index contributed by atoms with van der Waals surface area (Å²) in [5.41, 5.74) is 0.817. The number of furan rings is 1. The normalized spacial score (nSPS) is 10.8. The van der Waals surface area contributed by atoms with E-state index in [4.69, 9.17) is 4.42 Å². The van der Waals surface area contributed by atoms with Gasteiger partial charge in [-0.05, 0) is 53.8 Å². The minimum absolute atomic E-state index is 0.0747. The molecule has 0 bridgehead atoms. The van der Waals surface area contributed by atoms with Gasteiger partial charge in [0.05, 0.1) is 17.7 Å². The van der Waals surface area contributed by atoms with Gasteiger partial charge in [-0.2, -0.15) is 0 Å². The summed E-state index contributed by atoms with van der Waals surface area (Å²) in [4.78, 5) is 12.2. The van der Waals surface area contributed by atoms with Crippen molar-refractivity contribution >= 4 is 45.9 Å². The molecule has 0 aliphatic heterocycles. The van der Waals surface area contributed by atoms with E-state index >= 15 is 0 Å². The second-order valence-electron chi connectivity index (χ2n) is 4.84. The first-order valence-electron chi connectivity index (χ1n) is 7.33. The van der Waals surface area contributed by atoms with E-state index in [0.717, 1.165) is 9.26 Å². The number of anilines is 1. The SMILES string of the molecule is CCn1c(SCC(=O)Nc2ccccc2I)nnc1-c1ccco1. The van der Waals surface area contributed by atoms with Gasteiger partial charge in [-0.25, -0.2) is 0 Å². The number of amides is 1. The van der Waals surface area contributed by atoms with Crippen molar-refractivity contribution in [2.24, 2.45) is 0 Å². The molecule has 2 aromatic heterocycles. The van der Waals surface area contributed by atoms with Crippen LogP contribution in [0.1, 0.15) is 6.92 Å². The Labute approximate surface area is 157 Å². The highest BCUT2D eigenvalue weighted by atomic mass is 127. The monoisotopic (exact) mass is 454 g/mol. The predicted octanol–water partition coefficient (Wildman–Crippen LogP) is 3.89. The lowest BCUT2D eigenvalue weighted by molar-refractivity contribution is -0.113.